The maximum atomic E-state index is 13.1. The zero-order valence-electron chi connectivity index (χ0n) is 14.3. The number of nitrogens with zero attached hydrogens (tertiary/aromatic N) is 2. The van der Waals surface area contributed by atoms with Crippen LogP contribution in [0.1, 0.15) is 20.9 Å². The summed E-state index contributed by atoms with van der Waals surface area (Å²) in [5.74, 6) is -0.270. The van der Waals surface area contributed by atoms with Gasteiger partial charge in [0.05, 0.1) is 18.4 Å². The van der Waals surface area contributed by atoms with Gasteiger partial charge in [0.1, 0.15) is 11.4 Å². The molecule has 1 amide bonds. The molecule has 9 heteroatoms. The zero-order chi connectivity index (χ0) is 19.6. The standard InChI is InChI=1S/C18H14F3N3O2S/c1-10-14(11-5-7-12(26-2)8-6-11)23-17(27-10)24-16(25)15-13(18(19,20)21)4-3-9-22-15/h3-9H,1-2H3,(H,23,24,25). The molecule has 0 saturated heterocycles. The summed E-state index contributed by atoms with van der Waals surface area (Å²) in [6.45, 7) is 1.81. The monoisotopic (exact) mass is 393 g/mol. The molecule has 3 aromatic rings. The van der Waals surface area contributed by atoms with E-state index in [1.165, 1.54) is 11.3 Å². The fourth-order valence-corrected chi connectivity index (χ4v) is 3.27. The number of thiazole rings is 1. The van der Waals surface area contributed by atoms with E-state index in [1.54, 1.807) is 19.2 Å². The third-order valence-corrected chi connectivity index (χ3v) is 4.59. The van der Waals surface area contributed by atoms with Crippen LogP contribution in [0.3, 0.4) is 0 Å². The Morgan fingerprint density at radius 2 is 1.89 bits per heavy atom. The number of pyridine rings is 1. The first-order valence-corrected chi connectivity index (χ1v) is 8.56. The average molecular weight is 393 g/mol. The fourth-order valence-electron chi connectivity index (χ4n) is 2.44. The number of hydrogen-bond acceptors (Lipinski definition) is 5. The number of aryl methyl sites for hydroxylation is 1. The first-order chi connectivity index (χ1) is 12.8. The van der Waals surface area contributed by atoms with E-state index < -0.39 is 23.3 Å². The number of ether oxygens (including phenoxy) is 1. The molecule has 0 fully saturated rings. The van der Waals surface area contributed by atoms with Crippen molar-refractivity contribution in [1.29, 1.82) is 0 Å². The molecular formula is C18H14F3N3O2S. The van der Waals surface area contributed by atoms with Gasteiger partial charge in [-0.1, -0.05) is 0 Å². The van der Waals surface area contributed by atoms with Crippen molar-refractivity contribution in [2.45, 2.75) is 13.1 Å². The van der Waals surface area contributed by atoms with Crippen molar-refractivity contribution in [2.24, 2.45) is 0 Å². The minimum Gasteiger partial charge on any atom is -0.497 e. The molecule has 2 heterocycles. The average Bonchev–Trinajstić information content (AvgIpc) is 3.01. The number of nitrogens with one attached hydrogen (secondary N) is 1. The zero-order valence-corrected chi connectivity index (χ0v) is 15.1. The summed E-state index contributed by atoms with van der Waals surface area (Å²) in [6, 6.07) is 9.12. The number of rotatable bonds is 4. The van der Waals surface area contributed by atoms with E-state index in [-0.39, 0.29) is 5.13 Å². The highest BCUT2D eigenvalue weighted by atomic mass is 32.1. The SMILES string of the molecule is COc1ccc(-c2nc(NC(=O)c3ncccc3C(F)(F)F)sc2C)cc1. The Balaban J connectivity index is 1.86. The number of amides is 1. The molecule has 5 nitrogen and oxygen atoms in total. The molecule has 2 aromatic heterocycles. The van der Waals surface area contributed by atoms with Gasteiger partial charge in [-0.3, -0.25) is 15.1 Å². The van der Waals surface area contributed by atoms with Gasteiger partial charge in [0, 0.05) is 16.6 Å². The van der Waals surface area contributed by atoms with E-state index in [4.69, 9.17) is 4.74 Å². The van der Waals surface area contributed by atoms with Crippen molar-refractivity contribution in [3.8, 4) is 17.0 Å². The topological polar surface area (TPSA) is 64.1 Å². The van der Waals surface area contributed by atoms with Gasteiger partial charge in [0.25, 0.3) is 5.91 Å². The van der Waals surface area contributed by atoms with Gasteiger partial charge in [-0.25, -0.2) is 4.98 Å². The number of alkyl halides is 3. The van der Waals surface area contributed by atoms with Crippen molar-refractivity contribution >= 4 is 22.4 Å². The second kappa shape index (κ2) is 7.36. The molecule has 0 bridgehead atoms. The summed E-state index contributed by atoms with van der Waals surface area (Å²) >= 11 is 1.17. The molecule has 27 heavy (non-hydrogen) atoms. The number of hydrogen-bond donors (Lipinski definition) is 1. The van der Waals surface area contributed by atoms with Crippen molar-refractivity contribution in [3.63, 3.8) is 0 Å². The fraction of sp³-hybridized carbons (Fsp3) is 0.167. The van der Waals surface area contributed by atoms with E-state index in [9.17, 15) is 18.0 Å². The van der Waals surface area contributed by atoms with Crippen molar-refractivity contribution in [2.75, 3.05) is 12.4 Å². The second-order valence-electron chi connectivity index (χ2n) is 5.50. The Hall–Kier alpha value is -2.94. The highest BCUT2D eigenvalue weighted by Crippen LogP contribution is 2.33. The van der Waals surface area contributed by atoms with Gasteiger partial charge < -0.3 is 4.74 Å². The summed E-state index contributed by atoms with van der Waals surface area (Å²) in [5.41, 5.74) is -0.344. The summed E-state index contributed by atoms with van der Waals surface area (Å²) < 4.78 is 44.3. The molecule has 140 valence electrons. The summed E-state index contributed by atoms with van der Waals surface area (Å²) in [5, 5.41) is 2.60. The lowest BCUT2D eigenvalue weighted by Crippen LogP contribution is -2.20. The second-order valence-corrected chi connectivity index (χ2v) is 6.71. The van der Waals surface area contributed by atoms with Crippen LogP contribution in [0.15, 0.2) is 42.6 Å². The molecule has 1 N–H and O–H groups in total. The highest BCUT2D eigenvalue weighted by Gasteiger charge is 2.36. The lowest BCUT2D eigenvalue weighted by molar-refractivity contribution is -0.138. The minimum absolute atomic E-state index is 0.196. The van der Waals surface area contributed by atoms with E-state index >= 15 is 0 Å². The van der Waals surface area contributed by atoms with Gasteiger partial charge in [-0.2, -0.15) is 13.2 Å². The Morgan fingerprint density at radius 3 is 2.52 bits per heavy atom. The van der Waals surface area contributed by atoms with Crippen LogP contribution in [0.4, 0.5) is 18.3 Å². The van der Waals surface area contributed by atoms with E-state index in [0.717, 1.165) is 28.8 Å². The van der Waals surface area contributed by atoms with Crippen molar-refractivity contribution in [3.05, 3.63) is 58.7 Å². The highest BCUT2D eigenvalue weighted by molar-refractivity contribution is 7.16. The molecule has 0 saturated carbocycles. The first kappa shape index (κ1) is 18.8. The van der Waals surface area contributed by atoms with Crippen LogP contribution in [0.5, 0.6) is 5.75 Å². The quantitative estimate of drug-likeness (QED) is 0.692. The summed E-state index contributed by atoms with van der Waals surface area (Å²) in [7, 11) is 1.56. The Morgan fingerprint density at radius 1 is 1.19 bits per heavy atom. The van der Waals surface area contributed by atoms with Crippen LogP contribution in [0.25, 0.3) is 11.3 Å². The Bertz CT molecular complexity index is 969. The first-order valence-electron chi connectivity index (χ1n) is 7.75. The van der Waals surface area contributed by atoms with Crippen LogP contribution >= 0.6 is 11.3 Å². The Labute approximate surface area is 156 Å². The predicted octanol–water partition coefficient (Wildman–Crippen LogP) is 4.79. The van der Waals surface area contributed by atoms with Gasteiger partial charge in [-0.15, -0.1) is 11.3 Å². The number of methoxy groups -OCH3 is 1. The molecule has 0 aliphatic carbocycles. The summed E-state index contributed by atoms with van der Waals surface area (Å²) in [4.78, 5) is 21.0. The molecule has 0 atom stereocenters. The predicted molar refractivity (Wildman–Crippen MR) is 96.0 cm³/mol. The normalized spacial score (nSPS) is 11.3. The lowest BCUT2D eigenvalue weighted by Gasteiger charge is -2.10. The molecule has 0 spiro atoms. The van der Waals surface area contributed by atoms with Gasteiger partial charge in [0.2, 0.25) is 0 Å². The number of halogens is 3. The molecular weight excluding hydrogens is 379 g/mol. The van der Waals surface area contributed by atoms with Gasteiger partial charge in [-0.05, 0) is 43.3 Å². The third kappa shape index (κ3) is 4.08. The molecule has 0 unspecified atom stereocenters. The van der Waals surface area contributed by atoms with Crippen LogP contribution in [-0.2, 0) is 6.18 Å². The number of anilines is 1. The van der Waals surface area contributed by atoms with Gasteiger partial charge in [0.15, 0.2) is 5.13 Å². The van der Waals surface area contributed by atoms with Crippen molar-refractivity contribution < 1.29 is 22.7 Å². The van der Waals surface area contributed by atoms with E-state index in [1.807, 2.05) is 19.1 Å². The molecule has 3 rings (SSSR count). The van der Waals surface area contributed by atoms with E-state index in [0.29, 0.717) is 11.4 Å². The molecule has 0 aliphatic heterocycles. The van der Waals surface area contributed by atoms with Crippen molar-refractivity contribution in [1.82, 2.24) is 9.97 Å². The third-order valence-electron chi connectivity index (χ3n) is 3.71. The Kier molecular flexibility index (Phi) is 5.13. The van der Waals surface area contributed by atoms with Crippen LogP contribution in [-0.4, -0.2) is 23.0 Å². The number of benzene rings is 1. The smallest absolute Gasteiger partial charge is 0.418 e. The molecule has 1 aromatic carbocycles. The van der Waals surface area contributed by atoms with Gasteiger partial charge >= 0.3 is 6.18 Å². The minimum atomic E-state index is -4.67. The number of carbonyl (C=O) groups is 1. The maximum absolute atomic E-state index is 13.1. The maximum Gasteiger partial charge on any atom is 0.418 e. The lowest BCUT2D eigenvalue weighted by atomic mass is 10.1. The molecule has 0 aliphatic rings. The number of aromatic nitrogens is 2. The van der Waals surface area contributed by atoms with Crippen LogP contribution in [0, 0.1) is 6.92 Å². The number of carbonyl (C=O) groups excluding carboxylic acids is 1. The largest absolute Gasteiger partial charge is 0.497 e. The van der Waals surface area contributed by atoms with E-state index in [2.05, 4.69) is 15.3 Å². The summed E-state index contributed by atoms with van der Waals surface area (Å²) in [6.07, 6.45) is -3.53. The van der Waals surface area contributed by atoms with Crippen LogP contribution < -0.4 is 10.1 Å². The molecule has 0 radical (unpaired) electrons. The van der Waals surface area contributed by atoms with Crippen LogP contribution in [0.2, 0.25) is 0 Å².